The van der Waals surface area contributed by atoms with Crippen LogP contribution in [0.5, 0.6) is 0 Å². The maximum atomic E-state index is 4.24. The average molecular weight is 156 g/mol. The van der Waals surface area contributed by atoms with Gasteiger partial charge in [0.15, 0.2) is 0 Å². The second-order valence-electron chi connectivity index (χ2n) is 2.61. The van der Waals surface area contributed by atoms with Gasteiger partial charge in [0.25, 0.3) is 0 Å². The van der Waals surface area contributed by atoms with Crippen LogP contribution in [0, 0.1) is 0 Å². The molecule has 0 saturated carbocycles. The Hall–Kier alpha value is -1.38. The van der Waals surface area contributed by atoms with Gasteiger partial charge in [-0.25, -0.2) is 0 Å². The molecule has 0 amide bonds. The molecule has 1 aliphatic heterocycles. The van der Waals surface area contributed by atoms with Crippen LogP contribution >= 0.6 is 0 Å². The van der Waals surface area contributed by atoms with E-state index in [4.69, 9.17) is 0 Å². The van der Waals surface area contributed by atoms with Crippen molar-refractivity contribution in [3.63, 3.8) is 0 Å². The van der Waals surface area contributed by atoms with Crippen molar-refractivity contribution in [3.8, 4) is 0 Å². The Kier molecular flexibility index (Phi) is 2.03. The van der Waals surface area contributed by atoms with Crippen molar-refractivity contribution in [2.24, 2.45) is 0 Å². The van der Waals surface area contributed by atoms with E-state index in [0.717, 1.165) is 12.4 Å². The molecule has 0 bridgehead atoms. The zero-order valence-corrected chi connectivity index (χ0v) is 6.72. The standard InChI is InChI=1S/C9H9BN2/c1-2-6-11-9(3-1)12-7-4-10-5-8-12/h1-7H,8H2. The molecule has 1 aliphatic rings. The van der Waals surface area contributed by atoms with Crippen LogP contribution in [0.3, 0.4) is 0 Å². The molecule has 2 rings (SSSR count). The summed E-state index contributed by atoms with van der Waals surface area (Å²) in [6, 6.07) is 5.92. The molecule has 0 radical (unpaired) electrons. The first-order valence-corrected chi connectivity index (χ1v) is 3.98. The van der Waals surface area contributed by atoms with Gasteiger partial charge in [-0.2, -0.15) is 0 Å². The van der Waals surface area contributed by atoms with E-state index in [9.17, 15) is 0 Å². The normalized spacial score (nSPS) is 14.5. The molecular formula is C9H9BN2. The molecule has 3 heteroatoms. The van der Waals surface area contributed by atoms with Crippen molar-refractivity contribution < 1.29 is 0 Å². The van der Waals surface area contributed by atoms with Gasteiger partial charge in [0, 0.05) is 0 Å². The topological polar surface area (TPSA) is 16.1 Å². The Bertz CT molecular complexity index is 306. The van der Waals surface area contributed by atoms with E-state index in [-0.39, 0.29) is 0 Å². The number of rotatable bonds is 1. The summed E-state index contributed by atoms with van der Waals surface area (Å²) in [6.07, 6.45) is 3.84. The average Bonchev–Trinajstić information content (AvgIpc) is 2.21. The molecule has 2 nitrogen and oxygen atoms in total. The molecule has 2 heterocycles. The Morgan fingerprint density at radius 3 is 3.08 bits per heavy atom. The predicted octanol–water partition coefficient (Wildman–Crippen LogP) is 0.879. The van der Waals surface area contributed by atoms with Gasteiger partial charge in [-0.1, -0.05) is 0 Å². The fraction of sp³-hybridized carbons (Fsp3) is 0.111. The Labute approximate surface area is 72.5 Å². The molecular weight excluding hydrogens is 147 g/mol. The minimum atomic E-state index is 0.910. The molecule has 0 aliphatic carbocycles. The molecule has 0 atom stereocenters. The summed E-state index contributed by atoms with van der Waals surface area (Å²) in [7, 11) is 0. The molecule has 0 saturated heterocycles. The van der Waals surface area contributed by atoms with Crippen LogP contribution in [0.15, 0.2) is 36.6 Å². The zero-order valence-electron chi connectivity index (χ0n) is 6.72. The van der Waals surface area contributed by atoms with E-state index >= 15 is 0 Å². The maximum absolute atomic E-state index is 4.24. The Balaban J connectivity index is 2.21. The first kappa shape index (κ1) is 7.28. The van der Waals surface area contributed by atoms with Crippen molar-refractivity contribution in [1.29, 1.82) is 0 Å². The first-order valence-electron chi connectivity index (χ1n) is 3.98. The van der Waals surface area contributed by atoms with Gasteiger partial charge in [-0.15, -0.1) is 0 Å². The van der Waals surface area contributed by atoms with Crippen molar-refractivity contribution in [2.75, 3.05) is 11.4 Å². The summed E-state index contributed by atoms with van der Waals surface area (Å²) in [4.78, 5) is 6.34. The molecule has 0 unspecified atom stereocenters. The number of hydrogen-bond donors (Lipinski definition) is 0. The van der Waals surface area contributed by atoms with Crippen molar-refractivity contribution in [1.82, 2.24) is 4.98 Å². The number of hydrogen-bond acceptors (Lipinski definition) is 2. The number of anilines is 1. The van der Waals surface area contributed by atoms with Crippen LogP contribution < -0.4 is 4.90 Å². The fourth-order valence-electron chi connectivity index (χ4n) is 1.16. The fourth-order valence-corrected chi connectivity index (χ4v) is 1.16. The summed E-state index contributed by atoms with van der Waals surface area (Å²) in [5, 5.41) is 0. The third kappa shape index (κ3) is 1.45. The van der Waals surface area contributed by atoms with E-state index in [1.54, 1.807) is 0 Å². The van der Waals surface area contributed by atoms with Gasteiger partial charge in [0.1, 0.15) is 0 Å². The molecule has 1 aromatic rings. The van der Waals surface area contributed by atoms with E-state index in [0.29, 0.717) is 0 Å². The summed E-state index contributed by atoms with van der Waals surface area (Å²) in [6.45, 7) is 2.95. The summed E-state index contributed by atoms with van der Waals surface area (Å²) < 4.78 is 0. The number of pyridine rings is 1. The molecule has 0 aromatic carbocycles. The van der Waals surface area contributed by atoms with Crippen LogP contribution in [-0.2, 0) is 0 Å². The first-order chi connectivity index (χ1) is 5.97. The van der Waals surface area contributed by atoms with Crippen LogP contribution in [-0.4, -0.2) is 24.4 Å². The molecule has 0 fully saturated rings. The second kappa shape index (κ2) is 3.35. The summed E-state index contributed by atoms with van der Waals surface area (Å²) >= 11 is 0. The predicted molar refractivity (Wildman–Crippen MR) is 52.5 cm³/mol. The van der Waals surface area contributed by atoms with Gasteiger partial charge in [-0.05, 0) is 0 Å². The SMILES string of the molecule is B1=CCN(c2ccccn2)C=C1. The van der Waals surface area contributed by atoms with Crippen molar-refractivity contribution >= 4 is 18.7 Å². The number of aromatic nitrogens is 1. The van der Waals surface area contributed by atoms with Crippen LogP contribution in [0.25, 0.3) is 0 Å². The number of nitrogens with zero attached hydrogens (tertiary/aromatic N) is 2. The quantitative estimate of drug-likeness (QED) is 0.561. The van der Waals surface area contributed by atoms with E-state index in [1.165, 1.54) is 0 Å². The van der Waals surface area contributed by atoms with Crippen LogP contribution in [0.1, 0.15) is 0 Å². The van der Waals surface area contributed by atoms with Crippen molar-refractivity contribution in [2.45, 2.75) is 0 Å². The molecule has 0 N–H and O–H groups in total. The minimum absolute atomic E-state index is 0.910. The summed E-state index contributed by atoms with van der Waals surface area (Å²) in [5.41, 5.74) is 0. The Morgan fingerprint density at radius 1 is 1.42 bits per heavy atom. The van der Waals surface area contributed by atoms with E-state index < -0.39 is 0 Å². The van der Waals surface area contributed by atoms with Gasteiger partial charge >= 0.3 is 71.7 Å². The molecule has 1 aromatic heterocycles. The third-order valence-corrected chi connectivity index (χ3v) is 1.76. The van der Waals surface area contributed by atoms with Crippen LogP contribution in [0.4, 0.5) is 5.82 Å². The summed E-state index contributed by atoms with van der Waals surface area (Å²) in [5.74, 6) is 5.12. The molecule has 0 spiro atoms. The second-order valence-corrected chi connectivity index (χ2v) is 2.61. The molecule has 12 heavy (non-hydrogen) atoms. The monoisotopic (exact) mass is 156 g/mol. The van der Waals surface area contributed by atoms with E-state index in [2.05, 4.69) is 15.9 Å². The van der Waals surface area contributed by atoms with Gasteiger partial charge in [-0.3, -0.25) is 0 Å². The van der Waals surface area contributed by atoms with E-state index in [1.807, 2.05) is 43.5 Å². The van der Waals surface area contributed by atoms with Gasteiger partial charge < -0.3 is 0 Å². The zero-order chi connectivity index (χ0) is 8.23. The van der Waals surface area contributed by atoms with Crippen molar-refractivity contribution in [3.05, 3.63) is 36.6 Å². The third-order valence-electron chi connectivity index (χ3n) is 1.76. The van der Waals surface area contributed by atoms with Crippen LogP contribution in [0.2, 0.25) is 0 Å². The van der Waals surface area contributed by atoms with Gasteiger partial charge in [0.2, 0.25) is 0 Å². The van der Waals surface area contributed by atoms with Gasteiger partial charge in [0.05, 0.1) is 0 Å². The molecule has 58 valence electrons. The Morgan fingerprint density at radius 2 is 2.42 bits per heavy atom.